The molecule has 1 fully saturated rings. The van der Waals surface area contributed by atoms with Gasteiger partial charge in [-0.3, -0.25) is 0 Å². The summed E-state index contributed by atoms with van der Waals surface area (Å²) in [5, 5.41) is 0. The SMILES string of the molecule is CC=CCCC1COC(c2ccc(-c3ccc(-c4ccc(OCCCCCCC)c(F)c4F)cc3)c(F)c2F)OC1. The smallest absolute Gasteiger partial charge is 0.201 e. The van der Waals surface area contributed by atoms with Crippen molar-refractivity contribution >= 4 is 0 Å². The van der Waals surface area contributed by atoms with Crippen molar-refractivity contribution in [2.75, 3.05) is 19.8 Å². The van der Waals surface area contributed by atoms with Gasteiger partial charge in [-0.25, -0.2) is 13.2 Å². The van der Waals surface area contributed by atoms with Crippen molar-refractivity contribution in [1.82, 2.24) is 0 Å². The summed E-state index contributed by atoms with van der Waals surface area (Å²) in [5.74, 6) is -4.02. The Hall–Kier alpha value is -3.16. The molecule has 0 aliphatic carbocycles. The summed E-state index contributed by atoms with van der Waals surface area (Å²) in [6, 6.07) is 12.0. The number of allylic oxidation sites excluding steroid dienone is 2. The molecule has 0 spiro atoms. The number of rotatable bonds is 13. The molecular formula is C34H38F4O3. The number of unbranched alkanes of at least 4 members (excludes halogenated alkanes) is 4. The number of hydrogen-bond acceptors (Lipinski definition) is 3. The van der Waals surface area contributed by atoms with Crippen molar-refractivity contribution < 1.29 is 31.8 Å². The first-order valence-corrected chi connectivity index (χ1v) is 14.5. The highest BCUT2D eigenvalue weighted by Gasteiger charge is 2.28. The zero-order valence-electron chi connectivity index (χ0n) is 23.7. The lowest BCUT2D eigenvalue weighted by Crippen LogP contribution is -2.27. The number of hydrogen-bond donors (Lipinski definition) is 0. The molecule has 0 amide bonds. The lowest BCUT2D eigenvalue weighted by atomic mass is 9.98. The molecule has 0 saturated carbocycles. The third-order valence-electron chi connectivity index (χ3n) is 7.37. The Morgan fingerprint density at radius 1 is 0.756 bits per heavy atom. The van der Waals surface area contributed by atoms with Gasteiger partial charge in [0.25, 0.3) is 0 Å². The fourth-order valence-electron chi connectivity index (χ4n) is 4.94. The molecule has 1 aliphatic rings. The average molecular weight is 571 g/mol. The van der Waals surface area contributed by atoms with E-state index in [1.807, 2.05) is 13.0 Å². The van der Waals surface area contributed by atoms with Crippen LogP contribution in [0.4, 0.5) is 17.6 Å². The summed E-state index contributed by atoms with van der Waals surface area (Å²) >= 11 is 0. The van der Waals surface area contributed by atoms with Crippen LogP contribution >= 0.6 is 0 Å². The van der Waals surface area contributed by atoms with E-state index in [1.54, 1.807) is 24.3 Å². The summed E-state index contributed by atoms with van der Waals surface area (Å²) in [6.07, 6.45) is 10.0. The zero-order valence-corrected chi connectivity index (χ0v) is 23.7. The minimum atomic E-state index is -1.04. The first kappa shape index (κ1) is 30.8. The van der Waals surface area contributed by atoms with Gasteiger partial charge >= 0.3 is 0 Å². The maximum atomic E-state index is 15.1. The van der Waals surface area contributed by atoms with E-state index in [4.69, 9.17) is 14.2 Å². The molecule has 3 aromatic carbocycles. The molecule has 1 heterocycles. The van der Waals surface area contributed by atoms with Crippen LogP contribution in [0.25, 0.3) is 22.3 Å². The van der Waals surface area contributed by atoms with Crippen LogP contribution in [0.1, 0.15) is 70.6 Å². The molecule has 41 heavy (non-hydrogen) atoms. The Morgan fingerprint density at radius 3 is 2.00 bits per heavy atom. The first-order chi connectivity index (χ1) is 19.9. The third kappa shape index (κ3) is 7.77. The van der Waals surface area contributed by atoms with Crippen LogP contribution in [0.15, 0.2) is 60.7 Å². The van der Waals surface area contributed by atoms with Gasteiger partial charge in [0, 0.05) is 22.6 Å². The summed E-state index contributed by atoms with van der Waals surface area (Å²) < 4.78 is 76.6. The van der Waals surface area contributed by atoms with E-state index < -0.39 is 29.6 Å². The van der Waals surface area contributed by atoms with Gasteiger partial charge < -0.3 is 14.2 Å². The summed E-state index contributed by atoms with van der Waals surface area (Å²) in [4.78, 5) is 0. The van der Waals surface area contributed by atoms with Gasteiger partial charge in [0.05, 0.1) is 19.8 Å². The minimum absolute atomic E-state index is 0.00980. The molecule has 1 saturated heterocycles. The molecule has 3 nitrogen and oxygen atoms in total. The van der Waals surface area contributed by atoms with Gasteiger partial charge in [-0.05, 0) is 49.4 Å². The van der Waals surface area contributed by atoms with Crippen LogP contribution in [0.3, 0.4) is 0 Å². The Labute approximate surface area is 240 Å². The van der Waals surface area contributed by atoms with Crippen molar-refractivity contribution in [2.45, 2.75) is 65.1 Å². The molecular weight excluding hydrogens is 532 g/mol. The van der Waals surface area contributed by atoms with Crippen LogP contribution < -0.4 is 4.74 Å². The van der Waals surface area contributed by atoms with Crippen molar-refractivity contribution in [2.24, 2.45) is 5.92 Å². The molecule has 0 N–H and O–H groups in total. The second-order valence-corrected chi connectivity index (χ2v) is 10.4. The molecule has 0 radical (unpaired) electrons. The lowest BCUT2D eigenvalue weighted by Gasteiger charge is -2.29. The lowest BCUT2D eigenvalue weighted by molar-refractivity contribution is -0.207. The van der Waals surface area contributed by atoms with Crippen molar-refractivity contribution in [3.63, 3.8) is 0 Å². The zero-order chi connectivity index (χ0) is 29.2. The van der Waals surface area contributed by atoms with E-state index in [9.17, 15) is 8.78 Å². The van der Waals surface area contributed by atoms with Gasteiger partial charge in [-0.15, -0.1) is 0 Å². The van der Waals surface area contributed by atoms with E-state index in [0.29, 0.717) is 30.9 Å². The Balaban J connectivity index is 1.41. The predicted molar refractivity (Wildman–Crippen MR) is 154 cm³/mol. The fraction of sp³-hybridized carbons (Fsp3) is 0.412. The molecule has 0 unspecified atom stereocenters. The molecule has 4 rings (SSSR count). The largest absolute Gasteiger partial charge is 0.490 e. The second kappa shape index (κ2) is 15.2. The normalized spacial score (nSPS) is 17.3. The van der Waals surface area contributed by atoms with Crippen molar-refractivity contribution in [3.05, 3.63) is 89.5 Å². The van der Waals surface area contributed by atoms with E-state index in [0.717, 1.165) is 44.9 Å². The standard InChI is InChI=1S/C34H38F4O3/c1-3-5-7-8-10-20-39-29-19-18-27(31(36)33(29)38)25-14-12-24(13-15-25)26-16-17-28(32(37)30(26)35)34-40-21-23(22-41-34)11-9-6-4-2/h4,6,12-19,23,34H,3,5,7-11,20-22H2,1-2H3. The summed E-state index contributed by atoms with van der Waals surface area (Å²) in [5.41, 5.74) is 0.918. The predicted octanol–water partition coefficient (Wildman–Crippen LogP) is 9.94. The van der Waals surface area contributed by atoms with E-state index >= 15 is 8.78 Å². The Kier molecular flexibility index (Phi) is 11.4. The third-order valence-corrected chi connectivity index (χ3v) is 7.37. The Morgan fingerprint density at radius 2 is 1.37 bits per heavy atom. The molecule has 7 heteroatoms. The van der Waals surface area contributed by atoms with Crippen LogP contribution in [-0.4, -0.2) is 19.8 Å². The van der Waals surface area contributed by atoms with Crippen molar-refractivity contribution in [3.8, 4) is 28.0 Å². The summed E-state index contributed by atoms with van der Waals surface area (Å²) in [6.45, 7) is 5.24. The molecule has 0 aromatic heterocycles. The van der Waals surface area contributed by atoms with Gasteiger partial charge in [-0.1, -0.05) is 81.2 Å². The van der Waals surface area contributed by atoms with Gasteiger partial charge in [0.15, 0.2) is 29.5 Å². The van der Waals surface area contributed by atoms with E-state index in [-0.39, 0.29) is 28.4 Å². The minimum Gasteiger partial charge on any atom is -0.490 e. The molecule has 220 valence electrons. The molecule has 0 atom stereocenters. The maximum absolute atomic E-state index is 15.1. The molecule has 3 aromatic rings. The topological polar surface area (TPSA) is 27.7 Å². The fourth-order valence-corrected chi connectivity index (χ4v) is 4.94. The second-order valence-electron chi connectivity index (χ2n) is 10.4. The quantitative estimate of drug-likeness (QED) is 0.116. The number of ether oxygens (including phenoxy) is 3. The van der Waals surface area contributed by atoms with E-state index in [2.05, 4.69) is 13.0 Å². The average Bonchev–Trinajstić information content (AvgIpc) is 2.99. The Bertz CT molecular complexity index is 1300. The summed E-state index contributed by atoms with van der Waals surface area (Å²) in [7, 11) is 0. The van der Waals surface area contributed by atoms with Crippen LogP contribution in [-0.2, 0) is 9.47 Å². The monoisotopic (exact) mass is 570 g/mol. The van der Waals surface area contributed by atoms with Crippen LogP contribution in [0, 0.1) is 29.2 Å². The first-order valence-electron chi connectivity index (χ1n) is 14.5. The number of benzene rings is 3. The number of halogens is 4. The van der Waals surface area contributed by atoms with E-state index in [1.165, 1.54) is 24.3 Å². The molecule has 0 bridgehead atoms. The van der Waals surface area contributed by atoms with Gasteiger partial charge in [0.2, 0.25) is 5.82 Å². The highest BCUT2D eigenvalue weighted by atomic mass is 19.2. The van der Waals surface area contributed by atoms with Crippen LogP contribution in [0.5, 0.6) is 5.75 Å². The maximum Gasteiger partial charge on any atom is 0.201 e. The van der Waals surface area contributed by atoms with Crippen molar-refractivity contribution in [1.29, 1.82) is 0 Å². The van der Waals surface area contributed by atoms with Gasteiger partial charge in [0.1, 0.15) is 0 Å². The van der Waals surface area contributed by atoms with Crippen LogP contribution in [0.2, 0.25) is 0 Å². The molecule has 1 aliphatic heterocycles. The highest BCUT2D eigenvalue weighted by Crippen LogP contribution is 2.35. The van der Waals surface area contributed by atoms with Gasteiger partial charge in [-0.2, -0.15) is 4.39 Å². The highest BCUT2D eigenvalue weighted by molar-refractivity contribution is 5.71.